The van der Waals surface area contributed by atoms with E-state index in [0.717, 1.165) is 11.1 Å². The van der Waals surface area contributed by atoms with Gasteiger partial charge in [0.25, 0.3) is 0 Å². The molecule has 1 aliphatic heterocycles. The van der Waals surface area contributed by atoms with E-state index >= 15 is 0 Å². The highest BCUT2D eigenvalue weighted by atomic mass is 16.5. The third-order valence-electron chi connectivity index (χ3n) is 4.59. The monoisotopic (exact) mass is 373 g/mol. The lowest BCUT2D eigenvalue weighted by atomic mass is 10.1. The van der Waals surface area contributed by atoms with Gasteiger partial charge in [0, 0.05) is 24.9 Å². The lowest BCUT2D eigenvalue weighted by molar-refractivity contribution is -0.146. The Morgan fingerprint density at radius 1 is 1.33 bits per heavy atom. The molecule has 1 aromatic carbocycles. The van der Waals surface area contributed by atoms with Gasteiger partial charge in [-0.05, 0) is 18.9 Å². The zero-order valence-electron chi connectivity index (χ0n) is 15.3. The van der Waals surface area contributed by atoms with Crippen molar-refractivity contribution in [2.45, 2.75) is 38.6 Å². The van der Waals surface area contributed by atoms with Gasteiger partial charge in [0.15, 0.2) is 0 Å². The van der Waals surface area contributed by atoms with E-state index in [1.807, 2.05) is 31.2 Å². The van der Waals surface area contributed by atoms with E-state index in [1.54, 1.807) is 4.90 Å². The van der Waals surface area contributed by atoms with Crippen LogP contribution >= 0.6 is 0 Å². The van der Waals surface area contributed by atoms with Gasteiger partial charge in [-0.3, -0.25) is 9.59 Å². The summed E-state index contributed by atoms with van der Waals surface area (Å²) < 4.78 is 10.6. The third kappa shape index (κ3) is 4.91. The molecule has 0 unspecified atom stereocenters. The topological polar surface area (TPSA) is 106 Å². The van der Waals surface area contributed by atoms with Gasteiger partial charge in [0.1, 0.15) is 0 Å². The molecule has 1 aromatic heterocycles. The standard InChI is InChI=1S/C19H23N3O5/c1-13-5-2-3-6-15(13)19-20-16(27-21-19)7-4-8-17(23)22-9-10-26-12-14(22)11-18(24)25/h2-3,5-6,14H,4,7-12H2,1H3,(H,24,25)/t14-/m1/s1. The molecule has 1 N–H and O–H groups in total. The molecule has 144 valence electrons. The van der Waals surface area contributed by atoms with Crippen LogP contribution in [0.2, 0.25) is 0 Å². The number of carboxylic acids is 1. The maximum atomic E-state index is 12.5. The number of carboxylic acid groups (broad SMARTS) is 1. The summed E-state index contributed by atoms with van der Waals surface area (Å²) in [6, 6.07) is 7.40. The minimum atomic E-state index is -0.933. The number of amides is 1. The maximum Gasteiger partial charge on any atom is 0.305 e. The largest absolute Gasteiger partial charge is 0.481 e. The minimum Gasteiger partial charge on any atom is -0.481 e. The predicted octanol–water partition coefficient (Wildman–Crippen LogP) is 2.07. The van der Waals surface area contributed by atoms with Gasteiger partial charge < -0.3 is 19.3 Å². The number of aryl methyl sites for hydroxylation is 2. The van der Waals surface area contributed by atoms with E-state index in [-0.39, 0.29) is 18.9 Å². The summed E-state index contributed by atoms with van der Waals surface area (Å²) >= 11 is 0. The molecule has 0 radical (unpaired) electrons. The number of nitrogens with zero attached hydrogens (tertiary/aromatic N) is 3. The van der Waals surface area contributed by atoms with Crippen LogP contribution in [-0.4, -0.2) is 57.8 Å². The molecule has 2 aromatic rings. The number of rotatable bonds is 7. The SMILES string of the molecule is Cc1ccccc1-c1noc(CCCC(=O)N2CCOC[C@H]2CC(=O)O)n1. The van der Waals surface area contributed by atoms with Gasteiger partial charge in [-0.15, -0.1) is 0 Å². The molecule has 27 heavy (non-hydrogen) atoms. The van der Waals surface area contributed by atoms with E-state index in [4.69, 9.17) is 14.4 Å². The van der Waals surface area contributed by atoms with Crippen molar-refractivity contribution in [3.05, 3.63) is 35.7 Å². The van der Waals surface area contributed by atoms with Crippen molar-refractivity contribution in [2.24, 2.45) is 0 Å². The van der Waals surface area contributed by atoms with Crippen molar-refractivity contribution in [3.8, 4) is 11.4 Å². The molecular formula is C19H23N3O5. The lowest BCUT2D eigenvalue weighted by Gasteiger charge is -2.34. The van der Waals surface area contributed by atoms with Crippen LogP contribution in [0.5, 0.6) is 0 Å². The number of morpholine rings is 1. The fourth-order valence-electron chi connectivity index (χ4n) is 3.18. The molecule has 8 nitrogen and oxygen atoms in total. The second kappa shape index (κ2) is 8.77. The number of carbonyl (C=O) groups is 2. The average molecular weight is 373 g/mol. The summed E-state index contributed by atoms with van der Waals surface area (Å²) in [5.41, 5.74) is 1.99. The number of benzene rings is 1. The molecule has 1 aliphatic rings. The van der Waals surface area contributed by atoms with E-state index in [1.165, 1.54) is 0 Å². The molecule has 8 heteroatoms. The average Bonchev–Trinajstić information content (AvgIpc) is 3.10. The lowest BCUT2D eigenvalue weighted by Crippen LogP contribution is -2.49. The quantitative estimate of drug-likeness (QED) is 0.792. The first-order valence-electron chi connectivity index (χ1n) is 9.02. The zero-order chi connectivity index (χ0) is 19.2. The van der Waals surface area contributed by atoms with Gasteiger partial charge in [0.05, 0.1) is 25.7 Å². The van der Waals surface area contributed by atoms with Crippen LogP contribution in [0, 0.1) is 6.92 Å². The highest BCUT2D eigenvalue weighted by Crippen LogP contribution is 2.20. The number of hydrogen-bond acceptors (Lipinski definition) is 6. The Morgan fingerprint density at radius 3 is 2.93 bits per heavy atom. The molecule has 0 bridgehead atoms. The molecule has 0 saturated carbocycles. The van der Waals surface area contributed by atoms with Crippen LogP contribution in [0.3, 0.4) is 0 Å². The van der Waals surface area contributed by atoms with Gasteiger partial charge in [-0.2, -0.15) is 4.98 Å². The summed E-state index contributed by atoms with van der Waals surface area (Å²) in [6.07, 6.45) is 1.26. The van der Waals surface area contributed by atoms with Crippen LogP contribution in [0.4, 0.5) is 0 Å². The minimum absolute atomic E-state index is 0.0665. The van der Waals surface area contributed by atoms with Crippen LogP contribution in [0.25, 0.3) is 11.4 Å². The molecule has 1 fully saturated rings. The molecule has 1 atom stereocenters. The fraction of sp³-hybridized carbons (Fsp3) is 0.474. The first kappa shape index (κ1) is 19.0. The van der Waals surface area contributed by atoms with Crippen molar-refractivity contribution >= 4 is 11.9 Å². The first-order chi connectivity index (χ1) is 13.0. The van der Waals surface area contributed by atoms with Crippen molar-refractivity contribution < 1.29 is 24.0 Å². The Kier molecular flexibility index (Phi) is 6.18. The number of hydrogen-bond donors (Lipinski definition) is 1. The highest BCUT2D eigenvalue weighted by molar-refractivity contribution is 5.77. The van der Waals surface area contributed by atoms with Crippen LogP contribution in [0.1, 0.15) is 30.7 Å². The third-order valence-corrected chi connectivity index (χ3v) is 4.59. The van der Waals surface area contributed by atoms with Crippen LogP contribution in [-0.2, 0) is 20.7 Å². The van der Waals surface area contributed by atoms with Crippen LogP contribution in [0.15, 0.2) is 28.8 Å². The van der Waals surface area contributed by atoms with E-state index < -0.39 is 12.0 Å². The van der Waals surface area contributed by atoms with Crippen molar-refractivity contribution in [3.63, 3.8) is 0 Å². The highest BCUT2D eigenvalue weighted by Gasteiger charge is 2.28. The van der Waals surface area contributed by atoms with Gasteiger partial charge in [0.2, 0.25) is 17.6 Å². The summed E-state index contributed by atoms with van der Waals surface area (Å²) in [5.74, 6) is 0.0373. The number of aliphatic carboxylic acids is 1. The molecule has 0 spiro atoms. The Morgan fingerprint density at radius 2 is 2.15 bits per heavy atom. The van der Waals surface area contributed by atoms with Crippen LogP contribution < -0.4 is 0 Å². The van der Waals surface area contributed by atoms with Gasteiger partial charge in [-0.1, -0.05) is 29.4 Å². The summed E-state index contributed by atoms with van der Waals surface area (Å²) in [5, 5.41) is 13.0. The van der Waals surface area contributed by atoms with Crippen molar-refractivity contribution in [1.82, 2.24) is 15.0 Å². The number of ether oxygens (including phenoxy) is 1. The van der Waals surface area contributed by atoms with Gasteiger partial charge >= 0.3 is 5.97 Å². The molecule has 1 amide bonds. The smallest absolute Gasteiger partial charge is 0.305 e. The molecule has 3 rings (SSSR count). The second-order valence-electron chi connectivity index (χ2n) is 6.59. The van der Waals surface area contributed by atoms with Crippen molar-refractivity contribution in [2.75, 3.05) is 19.8 Å². The van der Waals surface area contributed by atoms with E-state index in [2.05, 4.69) is 10.1 Å². The first-order valence-corrected chi connectivity index (χ1v) is 9.02. The van der Waals surface area contributed by atoms with E-state index in [9.17, 15) is 9.59 Å². The van der Waals surface area contributed by atoms with Crippen molar-refractivity contribution in [1.29, 1.82) is 0 Å². The predicted molar refractivity (Wildman–Crippen MR) is 96.0 cm³/mol. The summed E-state index contributed by atoms with van der Waals surface area (Å²) in [4.78, 5) is 29.4. The fourth-order valence-corrected chi connectivity index (χ4v) is 3.18. The Labute approximate surface area is 157 Å². The Balaban J connectivity index is 1.53. The van der Waals surface area contributed by atoms with E-state index in [0.29, 0.717) is 44.1 Å². The number of aromatic nitrogens is 2. The molecular weight excluding hydrogens is 350 g/mol. The molecule has 2 heterocycles. The molecule has 1 saturated heterocycles. The summed E-state index contributed by atoms with van der Waals surface area (Å²) in [7, 11) is 0. The zero-order valence-corrected chi connectivity index (χ0v) is 15.3. The molecule has 0 aliphatic carbocycles. The second-order valence-corrected chi connectivity index (χ2v) is 6.59. The Bertz CT molecular complexity index is 804. The Hall–Kier alpha value is -2.74. The number of carbonyl (C=O) groups excluding carboxylic acids is 1. The maximum absolute atomic E-state index is 12.5. The van der Waals surface area contributed by atoms with Gasteiger partial charge in [-0.25, -0.2) is 0 Å². The normalized spacial score (nSPS) is 17.1. The summed E-state index contributed by atoms with van der Waals surface area (Å²) in [6.45, 7) is 3.11.